The second-order valence-electron chi connectivity index (χ2n) is 3.26. The molecular formula is C11H14O4. The fourth-order valence-electron chi connectivity index (χ4n) is 1.65. The normalized spacial score (nSPS) is 9.87. The van der Waals surface area contributed by atoms with Crippen molar-refractivity contribution in [1.29, 1.82) is 0 Å². The first-order valence-electron chi connectivity index (χ1n) is 4.48. The molecule has 1 aromatic rings. The molecule has 4 heteroatoms. The summed E-state index contributed by atoms with van der Waals surface area (Å²) < 4.78 is 10.2. The molecule has 0 saturated heterocycles. The van der Waals surface area contributed by atoms with E-state index in [9.17, 15) is 4.79 Å². The Bertz CT molecular complexity index is 396. The van der Waals surface area contributed by atoms with Gasteiger partial charge in [-0.1, -0.05) is 6.07 Å². The lowest BCUT2D eigenvalue weighted by atomic mass is 10.0. The Labute approximate surface area is 88.4 Å². The van der Waals surface area contributed by atoms with Crippen LogP contribution < -0.4 is 9.47 Å². The van der Waals surface area contributed by atoms with Crippen molar-refractivity contribution in [2.24, 2.45) is 0 Å². The van der Waals surface area contributed by atoms with Gasteiger partial charge >= 0.3 is 5.97 Å². The maximum absolute atomic E-state index is 11.0. The van der Waals surface area contributed by atoms with Gasteiger partial charge in [-0.2, -0.15) is 0 Å². The summed E-state index contributed by atoms with van der Waals surface area (Å²) in [6, 6.07) is 1.77. The van der Waals surface area contributed by atoms with E-state index in [1.807, 2.05) is 6.92 Å². The van der Waals surface area contributed by atoms with Gasteiger partial charge in [0.1, 0.15) is 5.56 Å². The Morgan fingerprint density at radius 2 is 1.67 bits per heavy atom. The van der Waals surface area contributed by atoms with Gasteiger partial charge in [-0.25, -0.2) is 4.79 Å². The van der Waals surface area contributed by atoms with Crippen LogP contribution in [0.15, 0.2) is 6.07 Å². The van der Waals surface area contributed by atoms with Gasteiger partial charge in [0.25, 0.3) is 0 Å². The lowest BCUT2D eigenvalue weighted by Crippen LogP contribution is -2.06. The number of rotatable bonds is 3. The molecule has 4 nitrogen and oxygen atoms in total. The Kier molecular flexibility index (Phi) is 3.19. The maximum Gasteiger partial charge on any atom is 0.339 e. The van der Waals surface area contributed by atoms with Gasteiger partial charge in [-0.05, 0) is 25.0 Å². The van der Waals surface area contributed by atoms with Gasteiger partial charge in [-0.3, -0.25) is 0 Å². The number of carbonyl (C=O) groups is 1. The molecule has 0 bridgehead atoms. The molecule has 15 heavy (non-hydrogen) atoms. The molecule has 0 unspecified atom stereocenters. The molecule has 0 amide bonds. The standard InChI is InChI=1S/C11H14O4/c1-6-5-7(2)9(14-3)10(15-4)8(6)11(12)13/h5H,1-4H3,(H,12,13). The van der Waals surface area contributed by atoms with Gasteiger partial charge in [0.2, 0.25) is 0 Å². The number of methoxy groups -OCH3 is 2. The van der Waals surface area contributed by atoms with Crippen molar-refractivity contribution in [3.63, 3.8) is 0 Å². The Hall–Kier alpha value is -1.71. The van der Waals surface area contributed by atoms with Crippen LogP contribution in [0.4, 0.5) is 0 Å². The van der Waals surface area contributed by atoms with E-state index in [0.717, 1.165) is 5.56 Å². The zero-order valence-corrected chi connectivity index (χ0v) is 9.25. The highest BCUT2D eigenvalue weighted by Gasteiger charge is 2.20. The van der Waals surface area contributed by atoms with E-state index in [-0.39, 0.29) is 11.3 Å². The number of aryl methyl sites for hydroxylation is 2. The summed E-state index contributed by atoms with van der Waals surface area (Å²) in [5.74, 6) is -0.259. The zero-order chi connectivity index (χ0) is 11.6. The van der Waals surface area contributed by atoms with E-state index in [1.165, 1.54) is 14.2 Å². The first-order valence-corrected chi connectivity index (χ1v) is 4.48. The minimum Gasteiger partial charge on any atom is -0.493 e. The first-order chi connectivity index (χ1) is 7.02. The molecule has 1 N–H and O–H groups in total. The third-order valence-corrected chi connectivity index (χ3v) is 2.24. The third kappa shape index (κ3) is 1.88. The van der Waals surface area contributed by atoms with Crippen molar-refractivity contribution in [1.82, 2.24) is 0 Å². The monoisotopic (exact) mass is 210 g/mol. The minimum atomic E-state index is -1.01. The summed E-state index contributed by atoms with van der Waals surface area (Å²) in [4.78, 5) is 11.0. The molecule has 0 aromatic heterocycles. The van der Waals surface area contributed by atoms with Crippen molar-refractivity contribution in [2.75, 3.05) is 14.2 Å². The molecule has 0 aliphatic heterocycles. The Morgan fingerprint density at radius 1 is 1.13 bits per heavy atom. The third-order valence-electron chi connectivity index (χ3n) is 2.24. The van der Waals surface area contributed by atoms with Crippen LogP contribution in [0.1, 0.15) is 21.5 Å². The molecule has 0 aliphatic rings. The van der Waals surface area contributed by atoms with Crippen LogP contribution in [0.2, 0.25) is 0 Å². The molecule has 0 radical (unpaired) electrons. The van der Waals surface area contributed by atoms with Crippen LogP contribution in [0.5, 0.6) is 11.5 Å². The van der Waals surface area contributed by atoms with Gasteiger partial charge in [0.05, 0.1) is 14.2 Å². The molecule has 1 rings (SSSR count). The van der Waals surface area contributed by atoms with E-state index in [4.69, 9.17) is 14.6 Å². The van der Waals surface area contributed by atoms with E-state index < -0.39 is 5.97 Å². The molecule has 82 valence electrons. The van der Waals surface area contributed by atoms with Crippen molar-refractivity contribution < 1.29 is 19.4 Å². The second-order valence-corrected chi connectivity index (χ2v) is 3.26. The Balaban J connectivity index is 3.56. The SMILES string of the molecule is COc1c(C)cc(C)c(C(=O)O)c1OC. The second kappa shape index (κ2) is 4.21. The number of hydrogen-bond donors (Lipinski definition) is 1. The zero-order valence-electron chi connectivity index (χ0n) is 9.25. The van der Waals surface area contributed by atoms with Gasteiger partial charge in [0, 0.05) is 0 Å². The average molecular weight is 210 g/mol. The fraction of sp³-hybridized carbons (Fsp3) is 0.364. The first kappa shape index (κ1) is 11.4. The lowest BCUT2D eigenvalue weighted by Gasteiger charge is -2.14. The summed E-state index contributed by atoms with van der Waals surface area (Å²) in [5.41, 5.74) is 1.68. The van der Waals surface area contributed by atoms with Gasteiger partial charge < -0.3 is 14.6 Å². The lowest BCUT2D eigenvalue weighted by molar-refractivity contribution is 0.0692. The van der Waals surface area contributed by atoms with E-state index in [1.54, 1.807) is 13.0 Å². The smallest absolute Gasteiger partial charge is 0.339 e. The van der Waals surface area contributed by atoms with E-state index in [0.29, 0.717) is 11.3 Å². The van der Waals surface area contributed by atoms with Crippen LogP contribution >= 0.6 is 0 Å². The number of aromatic carboxylic acids is 1. The van der Waals surface area contributed by atoms with Crippen LogP contribution in [0.3, 0.4) is 0 Å². The summed E-state index contributed by atoms with van der Waals surface area (Å²) >= 11 is 0. The molecule has 0 atom stereocenters. The number of carboxylic acid groups (broad SMARTS) is 1. The molecule has 0 spiro atoms. The number of hydrogen-bond acceptors (Lipinski definition) is 3. The summed E-state index contributed by atoms with van der Waals surface area (Å²) in [6.07, 6.45) is 0. The summed E-state index contributed by atoms with van der Waals surface area (Å²) in [5, 5.41) is 9.05. The largest absolute Gasteiger partial charge is 0.493 e. The fourth-order valence-corrected chi connectivity index (χ4v) is 1.65. The highest BCUT2D eigenvalue weighted by molar-refractivity contribution is 5.94. The summed E-state index contributed by atoms with van der Waals surface area (Å²) in [6.45, 7) is 3.58. The molecule has 0 saturated carbocycles. The molecule has 1 aromatic carbocycles. The van der Waals surface area contributed by atoms with E-state index in [2.05, 4.69) is 0 Å². The van der Waals surface area contributed by atoms with Crippen LogP contribution in [0, 0.1) is 13.8 Å². The number of benzene rings is 1. The minimum absolute atomic E-state index is 0.153. The highest BCUT2D eigenvalue weighted by Crippen LogP contribution is 2.36. The topological polar surface area (TPSA) is 55.8 Å². The average Bonchev–Trinajstić information content (AvgIpc) is 2.15. The van der Waals surface area contributed by atoms with Crippen LogP contribution in [-0.4, -0.2) is 25.3 Å². The van der Waals surface area contributed by atoms with E-state index >= 15 is 0 Å². The maximum atomic E-state index is 11.0. The predicted octanol–water partition coefficient (Wildman–Crippen LogP) is 2.02. The van der Waals surface area contributed by atoms with Gasteiger partial charge in [0.15, 0.2) is 11.5 Å². The van der Waals surface area contributed by atoms with Crippen molar-refractivity contribution in [2.45, 2.75) is 13.8 Å². The quantitative estimate of drug-likeness (QED) is 0.829. The molecular weight excluding hydrogens is 196 g/mol. The molecule has 0 fully saturated rings. The molecule has 0 heterocycles. The number of carboxylic acids is 1. The van der Waals surface area contributed by atoms with Crippen molar-refractivity contribution in [3.05, 3.63) is 22.8 Å². The van der Waals surface area contributed by atoms with Crippen LogP contribution in [-0.2, 0) is 0 Å². The van der Waals surface area contributed by atoms with Crippen molar-refractivity contribution >= 4 is 5.97 Å². The van der Waals surface area contributed by atoms with Gasteiger partial charge in [-0.15, -0.1) is 0 Å². The summed E-state index contributed by atoms with van der Waals surface area (Å²) in [7, 11) is 2.93. The predicted molar refractivity (Wildman–Crippen MR) is 56.0 cm³/mol. The number of ether oxygens (including phenoxy) is 2. The Morgan fingerprint density at radius 3 is 2.07 bits per heavy atom. The van der Waals surface area contributed by atoms with Crippen molar-refractivity contribution in [3.8, 4) is 11.5 Å². The molecule has 0 aliphatic carbocycles. The highest BCUT2D eigenvalue weighted by atomic mass is 16.5. The van der Waals surface area contributed by atoms with Crippen LogP contribution in [0.25, 0.3) is 0 Å².